The molecule has 1 aliphatic heterocycles. The third-order valence-corrected chi connectivity index (χ3v) is 4.00. The summed E-state index contributed by atoms with van der Waals surface area (Å²) >= 11 is 0. The van der Waals surface area contributed by atoms with Gasteiger partial charge in [-0.25, -0.2) is 0 Å². The van der Waals surface area contributed by atoms with Gasteiger partial charge in [-0.1, -0.05) is 57.0 Å². The third-order valence-electron chi connectivity index (χ3n) is 4.00. The van der Waals surface area contributed by atoms with E-state index in [1.807, 2.05) is 18.2 Å². The topological polar surface area (TPSA) is 38.3 Å². The summed E-state index contributed by atoms with van der Waals surface area (Å²) in [5.41, 5.74) is 1.18. The van der Waals surface area contributed by atoms with Crippen LogP contribution in [0.3, 0.4) is 0 Å². The van der Waals surface area contributed by atoms with Crippen LogP contribution in [0, 0.1) is 5.92 Å². The molecule has 1 aromatic carbocycles. The number of hydrogen-bond donors (Lipinski definition) is 1. The lowest BCUT2D eigenvalue weighted by Gasteiger charge is -2.32. The van der Waals surface area contributed by atoms with Gasteiger partial charge in [0.1, 0.15) is 12.6 Å². The largest absolute Gasteiger partial charge is 0.462 e. The average molecular weight is 261 g/mol. The first-order valence-corrected chi connectivity index (χ1v) is 7.22. The smallest absolute Gasteiger partial charge is 0.323 e. The zero-order valence-corrected chi connectivity index (χ0v) is 11.8. The Morgan fingerprint density at radius 3 is 2.58 bits per heavy atom. The molecule has 0 aromatic heterocycles. The highest BCUT2D eigenvalue weighted by Crippen LogP contribution is 2.23. The number of nitrogens with one attached hydrogen (secondary N) is 1. The van der Waals surface area contributed by atoms with Gasteiger partial charge < -0.3 is 4.74 Å². The number of carbonyl (C=O) groups excluding carboxylic acids is 1. The van der Waals surface area contributed by atoms with E-state index in [-0.39, 0.29) is 18.1 Å². The Kier molecular flexibility index (Phi) is 4.97. The summed E-state index contributed by atoms with van der Waals surface area (Å²) in [6.45, 7) is 4.79. The molecule has 0 aliphatic carbocycles. The minimum atomic E-state index is -0.163. The van der Waals surface area contributed by atoms with Crippen molar-refractivity contribution >= 4 is 5.97 Å². The lowest BCUT2D eigenvalue weighted by molar-refractivity contribution is -0.152. The Morgan fingerprint density at radius 2 is 1.95 bits per heavy atom. The molecule has 1 aliphatic rings. The molecule has 0 radical (unpaired) electrons. The fourth-order valence-corrected chi connectivity index (χ4v) is 2.62. The van der Waals surface area contributed by atoms with Gasteiger partial charge in [-0.05, 0) is 17.9 Å². The number of cyclic esters (lactones) is 1. The number of morpholine rings is 1. The molecule has 1 aromatic rings. The van der Waals surface area contributed by atoms with Crippen LogP contribution < -0.4 is 5.32 Å². The van der Waals surface area contributed by atoms with E-state index in [9.17, 15) is 4.79 Å². The highest BCUT2D eigenvalue weighted by Gasteiger charge is 2.31. The summed E-state index contributed by atoms with van der Waals surface area (Å²) in [6.07, 6.45) is 3.09. The maximum absolute atomic E-state index is 11.9. The molecule has 2 rings (SSSR count). The lowest BCUT2D eigenvalue weighted by Crippen LogP contribution is -2.48. The van der Waals surface area contributed by atoms with Gasteiger partial charge in [-0.15, -0.1) is 0 Å². The summed E-state index contributed by atoms with van der Waals surface area (Å²) in [6, 6.07) is 10.1. The zero-order valence-electron chi connectivity index (χ0n) is 11.8. The van der Waals surface area contributed by atoms with Crippen molar-refractivity contribution in [2.75, 3.05) is 6.61 Å². The number of ether oxygens (including phenoxy) is 1. The van der Waals surface area contributed by atoms with Crippen molar-refractivity contribution in [3.05, 3.63) is 35.9 Å². The van der Waals surface area contributed by atoms with E-state index in [0.29, 0.717) is 12.5 Å². The van der Waals surface area contributed by atoms with E-state index in [2.05, 4.69) is 31.3 Å². The molecular formula is C16H23NO2. The van der Waals surface area contributed by atoms with E-state index in [0.717, 1.165) is 19.3 Å². The Morgan fingerprint density at radius 1 is 1.26 bits per heavy atom. The first kappa shape index (κ1) is 14.1. The molecule has 1 fully saturated rings. The van der Waals surface area contributed by atoms with Gasteiger partial charge in [0, 0.05) is 0 Å². The molecule has 104 valence electrons. The number of hydrogen-bond acceptors (Lipinski definition) is 3. The van der Waals surface area contributed by atoms with Crippen LogP contribution in [0.1, 0.15) is 44.7 Å². The van der Waals surface area contributed by atoms with Gasteiger partial charge in [-0.3, -0.25) is 10.1 Å². The molecule has 1 saturated heterocycles. The number of esters is 1. The second-order valence-electron chi connectivity index (χ2n) is 5.23. The fraction of sp³-hybridized carbons (Fsp3) is 0.562. The van der Waals surface area contributed by atoms with Crippen molar-refractivity contribution < 1.29 is 9.53 Å². The zero-order chi connectivity index (χ0) is 13.7. The minimum Gasteiger partial charge on any atom is -0.462 e. The highest BCUT2D eigenvalue weighted by atomic mass is 16.5. The predicted octanol–water partition coefficient (Wildman–Crippen LogP) is 3.07. The van der Waals surface area contributed by atoms with E-state index >= 15 is 0 Å². The molecule has 1 heterocycles. The van der Waals surface area contributed by atoms with Crippen LogP contribution in [0.4, 0.5) is 0 Å². The van der Waals surface area contributed by atoms with Crippen molar-refractivity contribution in [2.45, 2.75) is 45.2 Å². The second-order valence-corrected chi connectivity index (χ2v) is 5.23. The molecule has 0 amide bonds. The normalized spacial score (nSPS) is 23.4. The Hall–Kier alpha value is -1.35. The Balaban J connectivity index is 2.02. The van der Waals surface area contributed by atoms with Crippen molar-refractivity contribution in [3.63, 3.8) is 0 Å². The van der Waals surface area contributed by atoms with E-state index < -0.39 is 0 Å². The maximum atomic E-state index is 11.9. The van der Waals surface area contributed by atoms with Crippen LogP contribution in [0.15, 0.2) is 30.3 Å². The van der Waals surface area contributed by atoms with Crippen LogP contribution in [0.5, 0.6) is 0 Å². The summed E-state index contributed by atoms with van der Waals surface area (Å²) in [5.74, 6) is 0.485. The predicted molar refractivity (Wildman–Crippen MR) is 75.8 cm³/mol. The molecule has 0 spiro atoms. The second kappa shape index (κ2) is 6.71. The lowest BCUT2D eigenvalue weighted by atomic mass is 9.93. The number of benzene rings is 1. The van der Waals surface area contributed by atoms with Crippen LogP contribution in [0.2, 0.25) is 0 Å². The highest BCUT2D eigenvalue weighted by molar-refractivity contribution is 5.76. The first-order chi connectivity index (χ1) is 9.24. The van der Waals surface area contributed by atoms with Gasteiger partial charge in [0.15, 0.2) is 0 Å². The molecular weight excluding hydrogens is 238 g/mol. The molecule has 0 saturated carbocycles. The van der Waals surface area contributed by atoms with E-state index in [1.165, 1.54) is 5.56 Å². The summed E-state index contributed by atoms with van der Waals surface area (Å²) in [7, 11) is 0. The van der Waals surface area contributed by atoms with Crippen LogP contribution in [0.25, 0.3) is 0 Å². The standard InChI is InChI=1S/C16H23NO2/c1-3-12(4-2)10-14-16(18)19-11-15(17-14)13-8-6-5-7-9-13/h5-9,12,14-15,17H,3-4,10-11H2,1-2H3/t14?,15-/m1/s1. The number of carbonyl (C=O) groups is 1. The fourth-order valence-electron chi connectivity index (χ4n) is 2.62. The first-order valence-electron chi connectivity index (χ1n) is 7.22. The van der Waals surface area contributed by atoms with Gasteiger partial charge in [-0.2, -0.15) is 0 Å². The summed E-state index contributed by atoms with van der Waals surface area (Å²) < 4.78 is 5.35. The van der Waals surface area contributed by atoms with Crippen molar-refractivity contribution in [2.24, 2.45) is 5.92 Å². The Bertz CT molecular complexity index is 400. The molecule has 0 bridgehead atoms. The average Bonchev–Trinajstić information content (AvgIpc) is 2.47. The van der Waals surface area contributed by atoms with E-state index in [4.69, 9.17) is 4.74 Å². The van der Waals surface area contributed by atoms with Crippen LogP contribution >= 0.6 is 0 Å². The molecule has 3 nitrogen and oxygen atoms in total. The third kappa shape index (κ3) is 3.57. The quantitative estimate of drug-likeness (QED) is 0.828. The summed E-state index contributed by atoms with van der Waals surface area (Å²) in [4.78, 5) is 11.9. The monoisotopic (exact) mass is 261 g/mol. The molecule has 19 heavy (non-hydrogen) atoms. The minimum absolute atomic E-state index is 0.0981. The molecule has 3 heteroatoms. The van der Waals surface area contributed by atoms with Gasteiger partial charge in [0.2, 0.25) is 0 Å². The van der Waals surface area contributed by atoms with Crippen LogP contribution in [-0.2, 0) is 9.53 Å². The van der Waals surface area contributed by atoms with Gasteiger partial charge in [0.05, 0.1) is 6.04 Å². The SMILES string of the molecule is CCC(CC)CC1N[C@@H](c2ccccc2)COC1=O. The van der Waals surface area contributed by atoms with Crippen molar-refractivity contribution in [1.29, 1.82) is 0 Å². The van der Waals surface area contributed by atoms with Crippen LogP contribution in [-0.4, -0.2) is 18.6 Å². The number of rotatable bonds is 5. The van der Waals surface area contributed by atoms with Crippen molar-refractivity contribution in [1.82, 2.24) is 5.32 Å². The maximum Gasteiger partial charge on any atom is 0.323 e. The molecule has 1 unspecified atom stereocenters. The van der Waals surface area contributed by atoms with Gasteiger partial charge in [0.25, 0.3) is 0 Å². The van der Waals surface area contributed by atoms with E-state index in [1.54, 1.807) is 0 Å². The Labute approximate surface area is 115 Å². The van der Waals surface area contributed by atoms with Crippen molar-refractivity contribution in [3.8, 4) is 0 Å². The molecule has 2 atom stereocenters. The van der Waals surface area contributed by atoms with Gasteiger partial charge >= 0.3 is 5.97 Å². The molecule has 1 N–H and O–H groups in total. The summed E-state index contributed by atoms with van der Waals surface area (Å²) in [5, 5.41) is 3.44.